The zero-order chi connectivity index (χ0) is 24.5. The maximum Gasteiger partial charge on any atom is 0.407 e. The number of carbonyl (C=O) groups excluding carboxylic acids is 2. The highest BCUT2D eigenvalue weighted by Crippen LogP contribution is 2.44. The first-order chi connectivity index (χ1) is 16.9. The van der Waals surface area contributed by atoms with Crippen LogP contribution in [0, 0.1) is 0 Å². The van der Waals surface area contributed by atoms with Crippen LogP contribution >= 0.6 is 0 Å². The lowest BCUT2D eigenvalue weighted by Gasteiger charge is -2.20. The lowest BCUT2D eigenvalue weighted by molar-refractivity contribution is -0.132. The maximum absolute atomic E-state index is 12.8. The number of alkyl carbamates (subject to hydrolysis) is 1. The Hall–Kier alpha value is -4.13. The average Bonchev–Trinajstić information content (AvgIpc) is 3.42. The first kappa shape index (κ1) is 22.7. The molecule has 1 unspecified atom stereocenters. The molecule has 3 aromatic rings. The Bertz CT molecular complexity index is 1270. The van der Waals surface area contributed by atoms with Crippen LogP contribution < -0.4 is 5.32 Å². The summed E-state index contributed by atoms with van der Waals surface area (Å²) in [4.78, 5) is 38.4. The van der Waals surface area contributed by atoms with E-state index in [2.05, 4.69) is 29.6 Å². The number of aromatic carboxylic acids is 1. The van der Waals surface area contributed by atoms with Gasteiger partial charge in [-0.15, -0.1) is 0 Å². The molecule has 1 aliphatic carbocycles. The molecule has 0 bridgehead atoms. The number of rotatable bonds is 6. The predicted molar refractivity (Wildman–Crippen MR) is 130 cm³/mol. The standard InChI is InChI=1S/C28H26N2O5/c1-17(13-26(31)30-14-18-7-6-12-23(27(32)33)24(18)15-30)29-28(34)35-16-25-21-10-4-2-8-19(21)20-9-3-5-11-22(20)25/h2-12,17,25H,13-16H2,1H3,(H,29,34)(H,32,33). The summed E-state index contributed by atoms with van der Waals surface area (Å²) in [6.45, 7) is 2.59. The van der Waals surface area contributed by atoms with Gasteiger partial charge in [0.1, 0.15) is 6.61 Å². The molecular weight excluding hydrogens is 444 g/mol. The van der Waals surface area contributed by atoms with Gasteiger partial charge in [-0.1, -0.05) is 60.7 Å². The van der Waals surface area contributed by atoms with Gasteiger partial charge in [0, 0.05) is 31.5 Å². The number of nitrogens with zero attached hydrogens (tertiary/aromatic N) is 1. The largest absolute Gasteiger partial charge is 0.478 e. The van der Waals surface area contributed by atoms with Crippen molar-refractivity contribution in [3.8, 4) is 11.1 Å². The van der Waals surface area contributed by atoms with Crippen LogP contribution in [0.2, 0.25) is 0 Å². The van der Waals surface area contributed by atoms with Crippen LogP contribution in [0.15, 0.2) is 66.7 Å². The summed E-state index contributed by atoms with van der Waals surface area (Å²) in [7, 11) is 0. The molecule has 3 aromatic carbocycles. The summed E-state index contributed by atoms with van der Waals surface area (Å²) < 4.78 is 5.57. The third kappa shape index (κ3) is 4.37. The van der Waals surface area contributed by atoms with Gasteiger partial charge in [-0.05, 0) is 46.4 Å². The summed E-state index contributed by atoms with van der Waals surface area (Å²) in [6, 6.07) is 20.9. The van der Waals surface area contributed by atoms with Gasteiger partial charge >= 0.3 is 12.1 Å². The predicted octanol–water partition coefficient (Wildman–Crippen LogP) is 4.54. The highest BCUT2D eigenvalue weighted by molar-refractivity contribution is 5.90. The number of hydrogen-bond donors (Lipinski definition) is 2. The van der Waals surface area contributed by atoms with E-state index in [1.54, 1.807) is 24.0 Å². The van der Waals surface area contributed by atoms with Crippen LogP contribution in [0.4, 0.5) is 4.79 Å². The van der Waals surface area contributed by atoms with Crippen LogP contribution in [0.25, 0.3) is 11.1 Å². The number of hydrogen-bond acceptors (Lipinski definition) is 4. The Labute approximate surface area is 203 Å². The van der Waals surface area contributed by atoms with Crippen molar-refractivity contribution in [1.29, 1.82) is 0 Å². The summed E-state index contributed by atoms with van der Waals surface area (Å²) in [5, 5.41) is 12.1. The second kappa shape index (κ2) is 9.25. The number of carbonyl (C=O) groups is 3. The van der Waals surface area contributed by atoms with Gasteiger partial charge in [0.15, 0.2) is 0 Å². The lowest BCUT2D eigenvalue weighted by atomic mass is 9.98. The molecule has 1 aliphatic heterocycles. The second-order valence-electron chi connectivity index (χ2n) is 9.07. The number of fused-ring (bicyclic) bond motifs is 4. The van der Waals surface area contributed by atoms with Gasteiger partial charge in [-0.2, -0.15) is 0 Å². The molecule has 0 saturated heterocycles. The number of amides is 2. The lowest BCUT2D eigenvalue weighted by Crippen LogP contribution is -2.38. The SMILES string of the molecule is CC(CC(=O)N1Cc2cccc(C(=O)O)c2C1)NC(=O)OCC1c2ccccc2-c2ccccc21. The van der Waals surface area contributed by atoms with Crippen molar-refractivity contribution in [3.05, 3.63) is 94.5 Å². The molecule has 1 heterocycles. The molecule has 35 heavy (non-hydrogen) atoms. The summed E-state index contributed by atoms with van der Waals surface area (Å²) >= 11 is 0. The Morgan fingerprint density at radius 3 is 2.29 bits per heavy atom. The highest BCUT2D eigenvalue weighted by Gasteiger charge is 2.30. The van der Waals surface area contributed by atoms with E-state index in [0.29, 0.717) is 12.1 Å². The first-order valence-corrected chi connectivity index (χ1v) is 11.7. The average molecular weight is 471 g/mol. The fourth-order valence-electron chi connectivity index (χ4n) is 5.08. The van der Waals surface area contributed by atoms with E-state index in [1.807, 2.05) is 30.3 Å². The molecule has 2 amide bonds. The molecule has 5 rings (SSSR count). The van der Waals surface area contributed by atoms with Gasteiger partial charge in [-0.25, -0.2) is 9.59 Å². The van der Waals surface area contributed by atoms with Crippen molar-refractivity contribution >= 4 is 18.0 Å². The number of carboxylic acid groups (broad SMARTS) is 1. The minimum atomic E-state index is -0.999. The molecule has 7 heteroatoms. The van der Waals surface area contributed by atoms with Crippen LogP contribution in [-0.2, 0) is 22.6 Å². The quantitative estimate of drug-likeness (QED) is 0.551. The van der Waals surface area contributed by atoms with E-state index in [1.165, 1.54) is 0 Å². The number of benzene rings is 3. The van der Waals surface area contributed by atoms with Crippen LogP contribution in [0.3, 0.4) is 0 Å². The van der Waals surface area contributed by atoms with Crippen molar-refractivity contribution in [2.75, 3.05) is 6.61 Å². The topological polar surface area (TPSA) is 95.9 Å². The second-order valence-corrected chi connectivity index (χ2v) is 9.07. The van der Waals surface area contributed by atoms with Crippen LogP contribution in [0.1, 0.15) is 51.9 Å². The van der Waals surface area contributed by atoms with Crippen molar-refractivity contribution in [2.24, 2.45) is 0 Å². The molecule has 0 saturated carbocycles. The first-order valence-electron chi connectivity index (χ1n) is 11.7. The molecule has 178 valence electrons. The summed E-state index contributed by atoms with van der Waals surface area (Å²) in [5.41, 5.74) is 6.34. The fraction of sp³-hybridized carbons (Fsp3) is 0.250. The van der Waals surface area contributed by atoms with E-state index in [-0.39, 0.29) is 37.0 Å². The Morgan fingerprint density at radius 1 is 0.971 bits per heavy atom. The normalized spacial score (nSPS) is 14.6. The number of ether oxygens (including phenoxy) is 1. The minimum absolute atomic E-state index is 0.0309. The van der Waals surface area contributed by atoms with Crippen molar-refractivity contribution in [1.82, 2.24) is 10.2 Å². The van der Waals surface area contributed by atoms with Crippen LogP contribution in [-0.4, -0.2) is 40.6 Å². The summed E-state index contributed by atoms with van der Waals surface area (Å²) in [5.74, 6) is -1.18. The summed E-state index contributed by atoms with van der Waals surface area (Å²) in [6.07, 6.45) is -0.467. The Morgan fingerprint density at radius 2 is 1.63 bits per heavy atom. The molecule has 7 nitrogen and oxygen atoms in total. The van der Waals surface area contributed by atoms with Crippen LogP contribution in [0.5, 0.6) is 0 Å². The maximum atomic E-state index is 12.8. The zero-order valence-corrected chi connectivity index (χ0v) is 19.4. The molecule has 2 N–H and O–H groups in total. The van der Waals surface area contributed by atoms with Crippen molar-refractivity contribution in [2.45, 2.75) is 38.4 Å². The molecule has 0 spiro atoms. The van der Waals surface area contributed by atoms with E-state index < -0.39 is 18.1 Å². The van der Waals surface area contributed by atoms with Gasteiger partial charge in [0.2, 0.25) is 5.91 Å². The number of carboxylic acids is 1. The molecule has 2 aliphatic rings. The van der Waals surface area contributed by atoms with Crippen molar-refractivity contribution < 1.29 is 24.2 Å². The van der Waals surface area contributed by atoms with E-state index in [0.717, 1.165) is 27.8 Å². The number of nitrogens with one attached hydrogen (secondary N) is 1. The Kier molecular flexibility index (Phi) is 5.99. The third-order valence-electron chi connectivity index (χ3n) is 6.76. The highest BCUT2D eigenvalue weighted by atomic mass is 16.5. The van der Waals surface area contributed by atoms with E-state index >= 15 is 0 Å². The van der Waals surface area contributed by atoms with E-state index in [4.69, 9.17) is 4.74 Å². The van der Waals surface area contributed by atoms with E-state index in [9.17, 15) is 19.5 Å². The fourth-order valence-corrected chi connectivity index (χ4v) is 5.08. The Balaban J connectivity index is 1.16. The molecule has 0 radical (unpaired) electrons. The monoisotopic (exact) mass is 470 g/mol. The van der Waals surface area contributed by atoms with Gasteiger partial charge < -0.3 is 20.1 Å². The molecule has 1 atom stereocenters. The molecule has 0 fully saturated rings. The minimum Gasteiger partial charge on any atom is -0.478 e. The zero-order valence-electron chi connectivity index (χ0n) is 19.4. The van der Waals surface area contributed by atoms with Gasteiger partial charge in [0.05, 0.1) is 5.56 Å². The molecular formula is C28H26N2O5. The smallest absolute Gasteiger partial charge is 0.407 e. The van der Waals surface area contributed by atoms with Crippen molar-refractivity contribution in [3.63, 3.8) is 0 Å². The van der Waals surface area contributed by atoms with Gasteiger partial charge in [-0.3, -0.25) is 4.79 Å². The molecule has 0 aromatic heterocycles. The third-order valence-corrected chi connectivity index (χ3v) is 6.76. The van der Waals surface area contributed by atoms with Gasteiger partial charge in [0.25, 0.3) is 0 Å².